The Kier molecular flexibility index (Phi) is 4.91. The van der Waals surface area contributed by atoms with Crippen LogP contribution in [0.15, 0.2) is 22.3 Å². The number of nitrogens with zero attached hydrogens (tertiary/aromatic N) is 5. The quantitative estimate of drug-likeness (QED) is 0.443. The summed E-state index contributed by atoms with van der Waals surface area (Å²) < 4.78 is 14.3. The van der Waals surface area contributed by atoms with Crippen LogP contribution >= 0.6 is 22.7 Å². The van der Waals surface area contributed by atoms with Crippen LogP contribution in [0.3, 0.4) is 0 Å². The van der Waals surface area contributed by atoms with Crippen LogP contribution in [0.5, 0.6) is 0 Å². The fourth-order valence-corrected chi connectivity index (χ4v) is 6.34. The molecule has 0 aliphatic carbocycles. The Morgan fingerprint density at radius 2 is 2.09 bits per heavy atom. The molecule has 4 aromatic rings. The number of ether oxygens (including phenoxy) is 2. The number of morpholine rings is 1. The first-order valence-corrected chi connectivity index (χ1v) is 12.6. The molecule has 33 heavy (non-hydrogen) atoms. The lowest BCUT2D eigenvalue weighted by molar-refractivity contribution is -0.135. The van der Waals surface area contributed by atoms with Crippen LogP contribution in [-0.4, -0.2) is 61.9 Å². The lowest BCUT2D eigenvalue weighted by atomic mass is 9.94. The van der Waals surface area contributed by atoms with Crippen LogP contribution in [0.25, 0.3) is 26.6 Å². The second-order valence-electron chi connectivity index (χ2n) is 8.92. The molecule has 0 saturated carbocycles. The zero-order chi connectivity index (χ0) is 22.7. The van der Waals surface area contributed by atoms with E-state index >= 15 is 0 Å². The minimum absolute atomic E-state index is 0.0386. The molecular formula is C22H23N5O4S2. The number of carbonyl (C=O) groups excluding carboxylic acids is 1. The van der Waals surface area contributed by atoms with E-state index in [4.69, 9.17) is 14.5 Å². The van der Waals surface area contributed by atoms with Gasteiger partial charge < -0.3 is 14.4 Å². The van der Waals surface area contributed by atoms with Crippen molar-refractivity contribution < 1.29 is 14.3 Å². The van der Waals surface area contributed by atoms with E-state index in [1.165, 1.54) is 27.2 Å². The number of aromatic nitrogens is 4. The SMILES string of the molecule is CC1(C)Cc2c(sc3c2c2nc(-c4cccs4)nn2c(=O)n3CC(=O)N2CCOCC2)CO1. The summed E-state index contributed by atoms with van der Waals surface area (Å²) in [5.41, 5.74) is 1.00. The van der Waals surface area contributed by atoms with E-state index in [1.807, 2.05) is 17.5 Å². The van der Waals surface area contributed by atoms with Gasteiger partial charge in [0.1, 0.15) is 11.4 Å². The third kappa shape index (κ3) is 3.50. The minimum Gasteiger partial charge on any atom is -0.378 e. The predicted octanol–water partition coefficient (Wildman–Crippen LogP) is 2.54. The number of thiophene rings is 2. The highest BCUT2D eigenvalue weighted by Crippen LogP contribution is 2.40. The van der Waals surface area contributed by atoms with Gasteiger partial charge in [0.05, 0.1) is 35.7 Å². The van der Waals surface area contributed by atoms with Crippen molar-refractivity contribution in [3.05, 3.63) is 38.4 Å². The molecule has 0 N–H and O–H groups in total. The summed E-state index contributed by atoms with van der Waals surface area (Å²) in [5, 5.41) is 7.42. The maximum Gasteiger partial charge on any atom is 0.352 e. The zero-order valence-electron chi connectivity index (χ0n) is 18.4. The van der Waals surface area contributed by atoms with Gasteiger partial charge in [-0.1, -0.05) is 6.07 Å². The van der Waals surface area contributed by atoms with Crippen LogP contribution in [0.1, 0.15) is 24.3 Å². The van der Waals surface area contributed by atoms with Gasteiger partial charge in [0.15, 0.2) is 11.5 Å². The molecule has 0 radical (unpaired) electrons. The Morgan fingerprint density at radius 3 is 2.85 bits per heavy atom. The highest BCUT2D eigenvalue weighted by Gasteiger charge is 2.32. The van der Waals surface area contributed by atoms with Gasteiger partial charge in [-0.05, 0) is 30.9 Å². The summed E-state index contributed by atoms with van der Waals surface area (Å²) in [6.45, 7) is 6.67. The molecule has 2 aliphatic rings. The molecule has 1 amide bonds. The average molecular weight is 486 g/mol. The van der Waals surface area contributed by atoms with E-state index in [0.29, 0.717) is 50.8 Å². The Morgan fingerprint density at radius 1 is 1.27 bits per heavy atom. The van der Waals surface area contributed by atoms with Crippen molar-refractivity contribution in [1.82, 2.24) is 24.1 Å². The van der Waals surface area contributed by atoms with E-state index in [9.17, 15) is 9.59 Å². The lowest BCUT2D eigenvalue weighted by Gasteiger charge is -2.30. The largest absolute Gasteiger partial charge is 0.378 e. The van der Waals surface area contributed by atoms with Gasteiger partial charge in [0, 0.05) is 24.4 Å². The van der Waals surface area contributed by atoms with E-state index in [0.717, 1.165) is 25.5 Å². The van der Waals surface area contributed by atoms with Crippen LogP contribution in [-0.2, 0) is 33.8 Å². The van der Waals surface area contributed by atoms with Crippen molar-refractivity contribution in [1.29, 1.82) is 0 Å². The van der Waals surface area contributed by atoms with E-state index in [2.05, 4.69) is 18.9 Å². The first-order chi connectivity index (χ1) is 15.9. The summed E-state index contributed by atoms with van der Waals surface area (Å²) in [5.74, 6) is 0.425. The number of fused-ring (bicyclic) bond motifs is 5. The van der Waals surface area contributed by atoms with Crippen molar-refractivity contribution in [2.45, 2.75) is 39.0 Å². The standard InChI is InChI=1S/C22H23N5O4S2/c1-22(2)10-13-15(12-31-22)33-20-17(13)19-23-18(14-4-3-9-32-14)24-27(19)21(29)26(20)11-16(28)25-5-7-30-8-6-25/h3-4,9H,5-8,10-12H2,1-2H3. The van der Waals surface area contributed by atoms with Gasteiger partial charge in [0.25, 0.3) is 0 Å². The summed E-state index contributed by atoms with van der Waals surface area (Å²) in [6.07, 6.45) is 0.703. The van der Waals surface area contributed by atoms with Gasteiger partial charge in [-0.2, -0.15) is 4.52 Å². The molecule has 0 atom stereocenters. The van der Waals surface area contributed by atoms with Gasteiger partial charge in [0.2, 0.25) is 5.91 Å². The Balaban J connectivity index is 1.57. The molecule has 0 bridgehead atoms. The van der Waals surface area contributed by atoms with Crippen molar-refractivity contribution in [2.75, 3.05) is 26.3 Å². The van der Waals surface area contributed by atoms with Crippen molar-refractivity contribution in [3.63, 3.8) is 0 Å². The summed E-state index contributed by atoms with van der Waals surface area (Å²) in [7, 11) is 0. The third-order valence-corrected chi connectivity index (χ3v) is 8.25. The van der Waals surface area contributed by atoms with Gasteiger partial charge in [-0.25, -0.2) is 9.78 Å². The highest BCUT2D eigenvalue weighted by atomic mass is 32.1. The predicted molar refractivity (Wildman–Crippen MR) is 126 cm³/mol. The number of rotatable bonds is 3. The van der Waals surface area contributed by atoms with Crippen molar-refractivity contribution in [3.8, 4) is 10.7 Å². The molecule has 9 nitrogen and oxygen atoms in total. The molecule has 1 saturated heterocycles. The molecule has 2 aliphatic heterocycles. The molecule has 4 aromatic heterocycles. The second-order valence-corrected chi connectivity index (χ2v) is 11.0. The molecule has 11 heteroatoms. The van der Waals surface area contributed by atoms with Gasteiger partial charge in [-0.3, -0.25) is 9.36 Å². The van der Waals surface area contributed by atoms with Crippen molar-refractivity contribution in [2.24, 2.45) is 0 Å². The van der Waals surface area contributed by atoms with E-state index < -0.39 is 0 Å². The molecule has 0 aromatic carbocycles. The Labute approximate surface area is 197 Å². The average Bonchev–Trinajstić information content (AvgIpc) is 3.54. The molecule has 6 rings (SSSR count). The molecule has 172 valence electrons. The normalized spacial score (nSPS) is 18.2. The maximum atomic E-state index is 13.6. The Hall–Kier alpha value is -2.60. The Bertz CT molecular complexity index is 1430. The fourth-order valence-electron chi connectivity index (χ4n) is 4.47. The topological polar surface area (TPSA) is 91.0 Å². The third-order valence-electron chi connectivity index (χ3n) is 6.16. The summed E-state index contributed by atoms with van der Waals surface area (Å²) in [4.78, 5) is 35.9. The fraction of sp³-hybridized carbons (Fsp3) is 0.455. The van der Waals surface area contributed by atoms with Crippen LogP contribution < -0.4 is 5.69 Å². The van der Waals surface area contributed by atoms with E-state index in [-0.39, 0.29) is 23.7 Å². The number of hydrogen-bond acceptors (Lipinski definition) is 8. The number of hydrogen-bond donors (Lipinski definition) is 0. The molecule has 1 fully saturated rings. The number of amides is 1. The first kappa shape index (κ1) is 21.0. The first-order valence-electron chi connectivity index (χ1n) is 10.9. The van der Waals surface area contributed by atoms with Crippen LogP contribution in [0.2, 0.25) is 0 Å². The van der Waals surface area contributed by atoms with Gasteiger partial charge in [-0.15, -0.1) is 27.8 Å². The summed E-state index contributed by atoms with van der Waals surface area (Å²) in [6, 6.07) is 3.88. The maximum absolute atomic E-state index is 13.6. The highest BCUT2D eigenvalue weighted by molar-refractivity contribution is 7.19. The van der Waals surface area contributed by atoms with Gasteiger partial charge >= 0.3 is 5.69 Å². The second kappa shape index (κ2) is 7.73. The van der Waals surface area contributed by atoms with E-state index in [1.54, 1.807) is 9.47 Å². The molecule has 0 unspecified atom stereocenters. The smallest absolute Gasteiger partial charge is 0.352 e. The molecular weight excluding hydrogens is 462 g/mol. The van der Waals surface area contributed by atoms with Crippen LogP contribution in [0, 0.1) is 0 Å². The number of carbonyl (C=O) groups is 1. The monoisotopic (exact) mass is 485 g/mol. The minimum atomic E-state index is -0.354. The summed E-state index contributed by atoms with van der Waals surface area (Å²) >= 11 is 3.05. The molecule has 0 spiro atoms. The molecule has 6 heterocycles. The lowest BCUT2D eigenvalue weighted by Crippen LogP contribution is -2.44. The van der Waals surface area contributed by atoms with Crippen LogP contribution in [0.4, 0.5) is 0 Å². The van der Waals surface area contributed by atoms with Crippen molar-refractivity contribution >= 4 is 44.4 Å². The zero-order valence-corrected chi connectivity index (χ0v) is 20.0.